The van der Waals surface area contributed by atoms with Gasteiger partial charge in [-0.15, -0.1) is 0 Å². The molecule has 0 unspecified atom stereocenters. The maximum atomic E-state index is 12.4. The first kappa shape index (κ1) is 22.8. The van der Waals surface area contributed by atoms with Crippen molar-refractivity contribution in [1.82, 2.24) is 5.32 Å². The summed E-state index contributed by atoms with van der Waals surface area (Å²) in [6, 6.07) is 18.9. The van der Waals surface area contributed by atoms with Crippen LogP contribution in [0.3, 0.4) is 0 Å². The first-order valence-electron chi connectivity index (χ1n) is 9.59. The molecule has 166 valence electrons. The largest absolute Gasteiger partial charge is 0.482 e. The Morgan fingerprint density at radius 3 is 2.64 bits per heavy atom. The standard InChI is InChI=1S/C23H15Cl2N3O4S/c24-16-7-4-8-17(21(16)25)26-23-27-22(29)20(33-23)12-15-9-10-19(18(11-15)28(30)31)32-13-14-5-2-1-3-6-14/h1-12H,13H2,(H,26,27,29)/b20-12+. The molecule has 4 rings (SSSR count). The molecule has 1 N–H and O–H groups in total. The number of ether oxygens (including phenoxy) is 1. The molecule has 0 spiro atoms. The number of nitro benzene ring substituents is 1. The number of amidine groups is 1. The van der Waals surface area contributed by atoms with Gasteiger partial charge in [-0.05, 0) is 47.2 Å². The van der Waals surface area contributed by atoms with E-state index in [4.69, 9.17) is 27.9 Å². The highest BCUT2D eigenvalue weighted by atomic mass is 35.5. The maximum absolute atomic E-state index is 12.4. The quantitative estimate of drug-likeness (QED) is 0.241. The van der Waals surface area contributed by atoms with Gasteiger partial charge in [-0.1, -0.05) is 65.7 Å². The van der Waals surface area contributed by atoms with Gasteiger partial charge in [0.1, 0.15) is 6.61 Å². The molecule has 0 radical (unpaired) electrons. The highest BCUT2D eigenvalue weighted by Gasteiger charge is 2.25. The van der Waals surface area contributed by atoms with Crippen molar-refractivity contribution in [2.24, 2.45) is 4.99 Å². The van der Waals surface area contributed by atoms with E-state index in [9.17, 15) is 14.9 Å². The molecule has 1 amide bonds. The Kier molecular flexibility index (Phi) is 6.98. The molecule has 0 aromatic heterocycles. The Morgan fingerprint density at radius 1 is 1.09 bits per heavy atom. The van der Waals surface area contributed by atoms with Crippen molar-refractivity contribution in [2.45, 2.75) is 6.61 Å². The SMILES string of the molecule is O=C1NC(=Nc2cccc(Cl)c2Cl)S/C1=C/c1ccc(OCc2ccccc2)c([N+](=O)[O-])c1. The molecule has 1 fully saturated rings. The van der Waals surface area contributed by atoms with Crippen LogP contribution in [0, 0.1) is 10.1 Å². The number of nitrogens with zero attached hydrogens (tertiary/aromatic N) is 2. The Labute approximate surface area is 203 Å². The van der Waals surface area contributed by atoms with Gasteiger partial charge in [0.25, 0.3) is 5.91 Å². The predicted molar refractivity (Wildman–Crippen MR) is 131 cm³/mol. The van der Waals surface area contributed by atoms with Gasteiger partial charge >= 0.3 is 5.69 Å². The number of carbonyl (C=O) groups is 1. The van der Waals surface area contributed by atoms with Crippen LogP contribution in [-0.2, 0) is 11.4 Å². The van der Waals surface area contributed by atoms with Gasteiger partial charge in [0.15, 0.2) is 10.9 Å². The summed E-state index contributed by atoms with van der Waals surface area (Å²) < 4.78 is 5.65. The minimum Gasteiger partial charge on any atom is -0.482 e. The number of hydrogen-bond acceptors (Lipinski definition) is 6. The summed E-state index contributed by atoms with van der Waals surface area (Å²) in [4.78, 5) is 28.1. The number of benzene rings is 3. The van der Waals surface area contributed by atoms with E-state index in [1.807, 2.05) is 30.3 Å². The van der Waals surface area contributed by atoms with Crippen LogP contribution < -0.4 is 10.1 Å². The molecule has 0 aliphatic carbocycles. The normalized spacial score (nSPS) is 15.6. The Morgan fingerprint density at radius 2 is 1.88 bits per heavy atom. The summed E-state index contributed by atoms with van der Waals surface area (Å²) in [7, 11) is 0. The Bertz CT molecular complexity index is 1300. The summed E-state index contributed by atoms with van der Waals surface area (Å²) >= 11 is 13.2. The van der Waals surface area contributed by atoms with Gasteiger partial charge in [-0.3, -0.25) is 14.9 Å². The number of thioether (sulfide) groups is 1. The lowest BCUT2D eigenvalue weighted by Crippen LogP contribution is -2.19. The fourth-order valence-corrected chi connectivity index (χ4v) is 4.12. The molecule has 1 aliphatic heterocycles. The van der Waals surface area contributed by atoms with Crippen molar-refractivity contribution < 1.29 is 14.5 Å². The van der Waals surface area contributed by atoms with E-state index >= 15 is 0 Å². The Hall–Kier alpha value is -3.33. The zero-order valence-electron chi connectivity index (χ0n) is 16.8. The van der Waals surface area contributed by atoms with Gasteiger partial charge in [0.2, 0.25) is 0 Å². The third-order valence-electron chi connectivity index (χ3n) is 4.52. The van der Waals surface area contributed by atoms with Crippen molar-refractivity contribution in [3.8, 4) is 5.75 Å². The number of hydrogen-bond donors (Lipinski definition) is 1. The van der Waals surface area contributed by atoms with Crippen molar-refractivity contribution in [2.75, 3.05) is 0 Å². The van der Waals surface area contributed by atoms with Crippen LogP contribution in [0.2, 0.25) is 10.0 Å². The number of carbonyl (C=O) groups excluding carboxylic acids is 1. The van der Waals surface area contributed by atoms with E-state index in [0.717, 1.165) is 17.3 Å². The topological polar surface area (TPSA) is 93.8 Å². The van der Waals surface area contributed by atoms with Crippen LogP contribution >= 0.6 is 35.0 Å². The second-order valence-electron chi connectivity index (χ2n) is 6.81. The molecule has 10 heteroatoms. The van der Waals surface area contributed by atoms with Gasteiger partial charge in [0, 0.05) is 6.07 Å². The van der Waals surface area contributed by atoms with Gasteiger partial charge < -0.3 is 10.1 Å². The smallest absolute Gasteiger partial charge is 0.311 e. The van der Waals surface area contributed by atoms with Crippen LogP contribution in [0.5, 0.6) is 5.75 Å². The van der Waals surface area contributed by atoms with Crippen LogP contribution in [0.25, 0.3) is 6.08 Å². The van der Waals surface area contributed by atoms with Crippen LogP contribution in [0.1, 0.15) is 11.1 Å². The highest BCUT2D eigenvalue weighted by Crippen LogP contribution is 2.35. The minimum atomic E-state index is -0.516. The summed E-state index contributed by atoms with van der Waals surface area (Å²) in [6.07, 6.45) is 1.55. The first-order valence-corrected chi connectivity index (χ1v) is 11.2. The lowest BCUT2D eigenvalue weighted by atomic mass is 10.1. The summed E-state index contributed by atoms with van der Waals surface area (Å²) in [6.45, 7) is 0.201. The number of aliphatic imine (C=N–C) groups is 1. The molecular formula is C23H15Cl2N3O4S. The second-order valence-corrected chi connectivity index (χ2v) is 8.63. The summed E-state index contributed by atoms with van der Waals surface area (Å²) in [5, 5.41) is 15.2. The van der Waals surface area contributed by atoms with E-state index in [0.29, 0.717) is 26.3 Å². The van der Waals surface area contributed by atoms with Crippen molar-refractivity contribution in [3.05, 3.63) is 103 Å². The third-order valence-corrected chi connectivity index (χ3v) is 6.24. The van der Waals surface area contributed by atoms with Crippen molar-refractivity contribution in [1.29, 1.82) is 0 Å². The number of amides is 1. The number of nitro groups is 1. The number of rotatable bonds is 6. The van der Waals surface area contributed by atoms with Crippen LogP contribution in [-0.4, -0.2) is 16.0 Å². The molecule has 1 saturated heterocycles. The van der Waals surface area contributed by atoms with Crippen LogP contribution in [0.15, 0.2) is 76.6 Å². The van der Waals surface area contributed by atoms with Crippen molar-refractivity contribution >= 4 is 63.5 Å². The molecule has 3 aromatic rings. The maximum Gasteiger partial charge on any atom is 0.311 e. The van der Waals surface area contributed by atoms with Gasteiger partial charge in [-0.2, -0.15) is 0 Å². The van der Waals surface area contributed by atoms with Crippen LogP contribution in [0.4, 0.5) is 11.4 Å². The molecule has 7 nitrogen and oxygen atoms in total. The zero-order chi connectivity index (χ0) is 23.4. The molecule has 1 heterocycles. The predicted octanol–water partition coefficient (Wildman–Crippen LogP) is 6.37. The average molecular weight is 500 g/mol. The molecule has 1 aliphatic rings. The second kappa shape index (κ2) is 10.1. The molecular weight excluding hydrogens is 485 g/mol. The number of nitrogens with one attached hydrogen (secondary N) is 1. The molecule has 0 saturated carbocycles. The molecule has 3 aromatic carbocycles. The minimum absolute atomic E-state index is 0.146. The van der Waals surface area contributed by atoms with E-state index in [1.54, 1.807) is 30.3 Å². The Balaban J connectivity index is 1.55. The highest BCUT2D eigenvalue weighted by molar-refractivity contribution is 8.18. The first-order chi connectivity index (χ1) is 15.9. The lowest BCUT2D eigenvalue weighted by molar-refractivity contribution is -0.386. The molecule has 0 atom stereocenters. The monoisotopic (exact) mass is 499 g/mol. The van der Waals surface area contributed by atoms with Gasteiger partial charge in [0.05, 0.1) is 25.6 Å². The molecule has 0 bridgehead atoms. The van der Waals surface area contributed by atoms with Crippen molar-refractivity contribution in [3.63, 3.8) is 0 Å². The van der Waals surface area contributed by atoms with Gasteiger partial charge in [-0.25, -0.2) is 4.99 Å². The van der Waals surface area contributed by atoms with E-state index in [-0.39, 0.29) is 29.0 Å². The molecule has 33 heavy (non-hydrogen) atoms. The third kappa shape index (κ3) is 5.54. The fraction of sp³-hybridized carbons (Fsp3) is 0.0435. The summed E-state index contributed by atoms with van der Waals surface area (Å²) in [5.41, 5.74) is 1.60. The average Bonchev–Trinajstić information content (AvgIpc) is 3.15. The lowest BCUT2D eigenvalue weighted by Gasteiger charge is -2.07. The fourth-order valence-electron chi connectivity index (χ4n) is 2.94. The number of halogens is 2. The zero-order valence-corrected chi connectivity index (χ0v) is 19.2. The van der Waals surface area contributed by atoms with E-state index in [2.05, 4.69) is 10.3 Å². The van der Waals surface area contributed by atoms with E-state index in [1.165, 1.54) is 12.1 Å². The summed E-state index contributed by atoms with van der Waals surface area (Å²) in [5.74, 6) is -0.226. The van der Waals surface area contributed by atoms with E-state index < -0.39 is 4.92 Å².